The topological polar surface area (TPSA) is 29.5 Å². The van der Waals surface area contributed by atoms with E-state index in [2.05, 4.69) is 0 Å². The van der Waals surface area contributed by atoms with Crippen LogP contribution in [0.1, 0.15) is 11.1 Å². The van der Waals surface area contributed by atoms with Crippen LogP contribution in [-0.2, 0) is 17.8 Å². The summed E-state index contributed by atoms with van der Waals surface area (Å²) in [6.07, 6.45) is -0.294. The lowest BCUT2D eigenvalue weighted by Gasteiger charge is -2.12. The van der Waals surface area contributed by atoms with E-state index in [9.17, 15) is 5.11 Å². The summed E-state index contributed by atoms with van der Waals surface area (Å²) < 4.78 is 5.38. The highest BCUT2D eigenvalue weighted by Crippen LogP contribution is 2.11. The third kappa shape index (κ3) is 4.15. The minimum Gasteiger partial charge on any atom is -0.368 e. The van der Waals surface area contributed by atoms with Crippen molar-refractivity contribution in [3.8, 4) is 0 Å². The Morgan fingerprint density at radius 3 is 2.28 bits per heavy atom. The van der Waals surface area contributed by atoms with Crippen molar-refractivity contribution < 1.29 is 9.84 Å². The van der Waals surface area contributed by atoms with Gasteiger partial charge in [0.2, 0.25) is 0 Å². The maximum atomic E-state index is 9.77. The fourth-order valence-corrected chi connectivity index (χ4v) is 1.77. The lowest BCUT2D eigenvalue weighted by Crippen LogP contribution is -2.14. The Hall–Kier alpha value is -1.35. The number of hydrogen-bond acceptors (Lipinski definition) is 2. The van der Waals surface area contributed by atoms with Gasteiger partial charge in [0.1, 0.15) is 0 Å². The molecule has 0 bridgehead atoms. The molecular formula is C15H15ClO2. The first-order chi connectivity index (χ1) is 8.74. The van der Waals surface area contributed by atoms with E-state index in [-0.39, 0.29) is 0 Å². The Morgan fingerprint density at radius 1 is 0.944 bits per heavy atom. The van der Waals surface area contributed by atoms with Gasteiger partial charge in [-0.2, -0.15) is 0 Å². The number of aliphatic hydroxyl groups is 1. The number of halogens is 1. The second kappa shape index (κ2) is 6.55. The van der Waals surface area contributed by atoms with Crippen molar-refractivity contribution in [3.63, 3.8) is 0 Å². The van der Waals surface area contributed by atoms with Crippen LogP contribution in [0.2, 0.25) is 5.02 Å². The Kier molecular flexibility index (Phi) is 4.76. The standard InChI is InChI=1S/C15H15ClO2/c16-14-8-6-13(7-9-14)11-18-15(17)10-12-4-2-1-3-5-12/h1-9,15,17H,10-11H2. The van der Waals surface area contributed by atoms with Crippen molar-refractivity contribution in [3.05, 3.63) is 70.7 Å². The van der Waals surface area contributed by atoms with E-state index in [0.717, 1.165) is 11.1 Å². The maximum Gasteiger partial charge on any atom is 0.159 e. The summed E-state index contributed by atoms with van der Waals surface area (Å²) in [5.41, 5.74) is 2.05. The first kappa shape index (κ1) is 13.1. The highest BCUT2D eigenvalue weighted by Gasteiger charge is 2.05. The minimum atomic E-state index is -0.789. The minimum absolute atomic E-state index is 0.380. The second-order valence-electron chi connectivity index (χ2n) is 4.08. The molecule has 1 unspecified atom stereocenters. The van der Waals surface area contributed by atoms with E-state index in [0.29, 0.717) is 18.1 Å². The van der Waals surface area contributed by atoms with Crippen LogP contribution < -0.4 is 0 Å². The molecule has 0 spiro atoms. The average molecular weight is 263 g/mol. The largest absolute Gasteiger partial charge is 0.368 e. The molecule has 3 heteroatoms. The van der Waals surface area contributed by atoms with Gasteiger partial charge < -0.3 is 9.84 Å². The number of hydrogen-bond donors (Lipinski definition) is 1. The average Bonchev–Trinajstić information content (AvgIpc) is 2.39. The summed E-state index contributed by atoms with van der Waals surface area (Å²) in [5.74, 6) is 0. The Morgan fingerprint density at radius 2 is 1.61 bits per heavy atom. The van der Waals surface area contributed by atoms with E-state index >= 15 is 0 Å². The molecule has 2 rings (SSSR count). The molecule has 0 aromatic heterocycles. The molecule has 0 heterocycles. The molecule has 94 valence electrons. The second-order valence-corrected chi connectivity index (χ2v) is 4.52. The molecule has 2 nitrogen and oxygen atoms in total. The highest BCUT2D eigenvalue weighted by atomic mass is 35.5. The molecule has 1 atom stereocenters. The summed E-state index contributed by atoms with van der Waals surface area (Å²) >= 11 is 5.79. The first-order valence-corrected chi connectivity index (χ1v) is 6.20. The van der Waals surface area contributed by atoms with Crippen LogP contribution in [0.3, 0.4) is 0 Å². The first-order valence-electron chi connectivity index (χ1n) is 5.82. The maximum absolute atomic E-state index is 9.77. The molecule has 0 saturated carbocycles. The number of benzene rings is 2. The van der Waals surface area contributed by atoms with Crippen LogP contribution >= 0.6 is 11.6 Å². The Balaban J connectivity index is 1.81. The quantitative estimate of drug-likeness (QED) is 0.837. The van der Waals surface area contributed by atoms with E-state index < -0.39 is 6.29 Å². The number of ether oxygens (including phenoxy) is 1. The van der Waals surface area contributed by atoms with Gasteiger partial charge in [-0.05, 0) is 23.3 Å². The van der Waals surface area contributed by atoms with Gasteiger partial charge in [-0.25, -0.2) is 0 Å². The Bertz CT molecular complexity index is 468. The van der Waals surface area contributed by atoms with Crippen molar-refractivity contribution >= 4 is 11.6 Å². The van der Waals surface area contributed by atoms with Gasteiger partial charge in [0.25, 0.3) is 0 Å². The summed E-state index contributed by atoms with van der Waals surface area (Å²) in [7, 11) is 0. The van der Waals surface area contributed by atoms with Gasteiger partial charge in [0.05, 0.1) is 6.61 Å². The highest BCUT2D eigenvalue weighted by molar-refractivity contribution is 6.30. The molecule has 0 aliphatic carbocycles. The summed E-state index contributed by atoms with van der Waals surface area (Å²) in [6, 6.07) is 17.2. The van der Waals surface area contributed by atoms with E-state index in [1.807, 2.05) is 54.6 Å². The van der Waals surface area contributed by atoms with Gasteiger partial charge >= 0.3 is 0 Å². The summed E-state index contributed by atoms with van der Waals surface area (Å²) in [5, 5.41) is 10.5. The number of rotatable bonds is 5. The molecule has 1 N–H and O–H groups in total. The molecule has 0 radical (unpaired) electrons. The van der Waals surface area contributed by atoms with Gasteiger partial charge in [0.15, 0.2) is 6.29 Å². The van der Waals surface area contributed by atoms with Crippen molar-refractivity contribution in [1.82, 2.24) is 0 Å². The van der Waals surface area contributed by atoms with Gasteiger partial charge in [-0.3, -0.25) is 0 Å². The van der Waals surface area contributed by atoms with Gasteiger partial charge in [-0.15, -0.1) is 0 Å². The smallest absolute Gasteiger partial charge is 0.159 e. The predicted octanol–water partition coefficient (Wildman–Crippen LogP) is 3.42. The molecule has 18 heavy (non-hydrogen) atoms. The lowest BCUT2D eigenvalue weighted by atomic mass is 10.1. The Labute approximate surface area is 112 Å². The third-order valence-electron chi connectivity index (χ3n) is 2.61. The van der Waals surface area contributed by atoms with Crippen LogP contribution in [0.5, 0.6) is 0 Å². The molecule has 2 aromatic carbocycles. The van der Waals surface area contributed by atoms with Gasteiger partial charge in [-0.1, -0.05) is 54.1 Å². The molecule has 0 fully saturated rings. The van der Waals surface area contributed by atoms with Crippen LogP contribution in [0.15, 0.2) is 54.6 Å². The van der Waals surface area contributed by atoms with Crippen LogP contribution in [0.25, 0.3) is 0 Å². The van der Waals surface area contributed by atoms with Crippen molar-refractivity contribution in [2.45, 2.75) is 19.3 Å². The summed E-state index contributed by atoms with van der Waals surface area (Å²) in [4.78, 5) is 0. The molecule has 0 aliphatic heterocycles. The molecule has 0 amide bonds. The van der Waals surface area contributed by atoms with E-state index in [4.69, 9.17) is 16.3 Å². The SMILES string of the molecule is OC(Cc1ccccc1)OCc1ccc(Cl)cc1. The van der Waals surface area contributed by atoms with Gasteiger partial charge in [0, 0.05) is 11.4 Å². The third-order valence-corrected chi connectivity index (χ3v) is 2.86. The monoisotopic (exact) mass is 262 g/mol. The molecule has 0 aliphatic rings. The number of aliphatic hydroxyl groups excluding tert-OH is 1. The zero-order valence-corrected chi connectivity index (χ0v) is 10.7. The summed E-state index contributed by atoms with van der Waals surface area (Å²) in [6.45, 7) is 0.380. The van der Waals surface area contributed by atoms with Crippen LogP contribution in [0, 0.1) is 0 Å². The fraction of sp³-hybridized carbons (Fsp3) is 0.200. The van der Waals surface area contributed by atoms with Crippen molar-refractivity contribution in [1.29, 1.82) is 0 Å². The molecule has 2 aromatic rings. The predicted molar refractivity (Wildman–Crippen MR) is 72.4 cm³/mol. The normalized spacial score (nSPS) is 12.3. The van der Waals surface area contributed by atoms with Crippen LogP contribution in [0.4, 0.5) is 0 Å². The fourth-order valence-electron chi connectivity index (χ4n) is 1.65. The molecular weight excluding hydrogens is 248 g/mol. The van der Waals surface area contributed by atoms with Crippen LogP contribution in [-0.4, -0.2) is 11.4 Å². The van der Waals surface area contributed by atoms with E-state index in [1.165, 1.54) is 0 Å². The zero-order chi connectivity index (χ0) is 12.8. The van der Waals surface area contributed by atoms with Crippen molar-refractivity contribution in [2.75, 3.05) is 0 Å². The lowest BCUT2D eigenvalue weighted by molar-refractivity contribution is -0.106. The molecule has 0 saturated heterocycles. The van der Waals surface area contributed by atoms with E-state index in [1.54, 1.807) is 0 Å². The van der Waals surface area contributed by atoms with Crippen molar-refractivity contribution in [2.24, 2.45) is 0 Å². The zero-order valence-electron chi connectivity index (χ0n) is 9.92.